The minimum Gasteiger partial charge on any atom is -0.431 e. The van der Waals surface area contributed by atoms with Crippen LogP contribution in [0.25, 0.3) is 11.3 Å². The molecule has 3 atom stereocenters. The fourth-order valence-electron chi connectivity index (χ4n) is 4.87. The average molecular weight is 432 g/mol. The Morgan fingerprint density at radius 3 is 2.81 bits per heavy atom. The minimum atomic E-state index is -2.98. The Kier molecular flexibility index (Phi) is 5.25. The Balaban J connectivity index is 1.56. The first-order valence-corrected chi connectivity index (χ1v) is 10.7. The zero-order valence-corrected chi connectivity index (χ0v) is 17.4. The summed E-state index contributed by atoms with van der Waals surface area (Å²) in [5.41, 5.74) is 6.88. The monoisotopic (exact) mass is 432 g/mol. The number of aromatic nitrogens is 3. The van der Waals surface area contributed by atoms with E-state index in [0.29, 0.717) is 42.4 Å². The van der Waals surface area contributed by atoms with Gasteiger partial charge in [-0.2, -0.15) is 13.8 Å². The number of piperidine rings is 1. The lowest BCUT2D eigenvalue weighted by atomic mass is 10.1. The number of morpholine rings is 1. The molecular formula is C21H26F2N6O2. The van der Waals surface area contributed by atoms with Gasteiger partial charge in [-0.05, 0) is 38.2 Å². The van der Waals surface area contributed by atoms with Crippen molar-refractivity contribution in [3.05, 3.63) is 18.3 Å². The maximum atomic E-state index is 12.8. The molecule has 31 heavy (non-hydrogen) atoms. The third kappa shape index (κ3) is 3.96. The molecular weight excluding hydrogens is 406 g/mol. The first-order chi connectivity index (χ1) is 15.0. The first kappa shape index (κ1) is 20.2. The predicted octanol–water partition coefficient (Wildman–Crippen LogP) is 2.94. The van der Waals surface area contributed by atoms with Crippen molar-refractivity contribution >= 4 is 17.6 Å². The summed E-state index contributed by atoms with van der Waals surface area (Å²) in [6.45, 7) is 2.04. The summed E-state index contributed by atoms with van der Waals surface area (Å²) >= 11 is 0. The van der Waals surface area contributed by atoms with E-state index in [2.05, 4.69) is 26.4 Å². The van der Waals surface area contributed by atoms with Gasteiger partial charge in [0.25, 0.3) is 0 Å². The van der Waals surface area contributed by atoms with Crippen LogP contribution in [-0.4, -0.2) is 60.0 Å². The van der Waals surface area contributed by atoms with E-state index >= 15 is 0 Å². The van der Waals surface area contributed by atoms with Gasteiger partial charge in [-0.3, -0.25) is 0 Å². The fraction of sp³-hybridized carbons (Fsp3) is 0.571. The molecule has 3 aliphatic rings. The highest BCUT2D eigenvalue weighted by Gasteiger charge is 2.39. The molecule has 2 aliphatic heterocycles. The van der Waals surface area contributed by atoms with E-state index in [9.17, 15) is 8.78 Å². The Bertz CT molecular complexity index is 941. The molecule has 3 fully saturated rings. The van der Waals surface area contributed by atoms with E-state index in [-0.39, 0.29) is 17.6 Å². The number of pyridine rings is 1. The van der Waals surface area contributed by atoms with Crippen LogP contribution < -0.4 is 20.3 Å². The Labute approximate surface area is 179 Å². The number of rotatable bonds is 5. The summed E-state index contributed by atoms with van der Waals surface area (Å²) in [4.78, 5) is 18.2. The van der Waals surface area contributed by atoms with E-state index in [1.54, 1.807) is 0 Å². The number of fused-ring (bicyclic) bond motifs is 2. The molecule has 0 radical (unpaired) electrons. The van der Waals surface area contributed by atoms with Crippen LogP contribution in [-0.2, 0) is 4.74 Å². The molecule has 10 heteroatoms. The second-order valence-electron chi connectivity index (χ2n) is 8.50. The Hall–Kier alpha value is -2.75. The first-order valence-electron chi connectivity index (χ1n) is 10.7. The molecule has 4 heterocycles. The molecule has 1 saturated carbocycles. The largest absolute Gasteiger partial charge is 0.431 e. The van der Waals surface area contributed by atoms with Crippen LogP contribution in [0.5, 0.6) is 5.75 Å². The summed E-state index contributed by atoms with van der Waals surface area (Å²) in [7, 11) is 0. The predicted molar refractivity (Wildman–Crippen MR) is 112 cm³/mol. The Morgan fingerprint density at radius 2 is 2.10 bits per heavy atom. The van der Waals surface area contributed by atoms with E-state index in [4.69, 9.17) is 20.4 Å². The van der Waals surface area contributed by atoms with Crippen LogP contribution >= 0.6 is 0 Å². The summed E-state index contributed by atoms with van der Waals surface area (Å²) in [5, 5.41) is 0. The summed E-state index contributed by atoms with van der Waals surface area (Å²) < 4.78 is 35.7. The molecule has 5 rings (SSSR count). The highest BCUT2D eigenvalue weighted by molar-refractivity contribution is 5.68. The topological polar surface area (TPSA) is 89.6 Å². The van der Waals surface area contributed by atoms with Gasteiger partial charge in [0, 0.05) is 37.0 Å². The number of hydrogen-bond acceptors (Lipinski definition) is 8. The standard InChI is InChI=1S/C21H26F2N6O2/c1-12-11-30-5-4-28(12)18-8-16(14-7-17(31-20(22)23)19(24)25-9-14)26-21(27-18)29-10-13-2-3-15(29)6-13/h7-9,12-13,15,20H,2-6,10-11H2,1H3,(H2,24,25)/t12-,13?,15?/m0/s1. The number of halogens is 2. The van der Waals surface area contributed by atoms with Crippen molar-refractivity contribution in [3.63, 3.8) is 0 Å². The second-order valence-corrected chi connectivity index (χ2v) is 8.50. The zero-order valence-electron chi connectivity index (χ0n) is 17.4. The molecule has 2 bridgehead atoms. The number of nitrogens with two attached hydrogens (primary N) is 1. The highest BCUT2D eigenvalue weighted by Crippen LogP contribution is 2.40. The van der Waals surface area contributed by atoms with Gasteiger partial charge < -0.3 is 25.0 Å². The minimum absolute atomic E-state index is 0.0859. The maximum absolute atomic E-state index is 12.8. The lowest BCUT2D eigenvalue weighted by Crippen LogP contribution is -2.44. The van der Waals surface area contributed by atoms with Crippen LogP contribution in [0.3, 0.4) is 0 Å². The van der Waals surface area contributed by atoms with Crippen molar-refractivity contribution in [2.24, 2.45) is 5.92 Å². The molecule has 2 aromatic rings. The van der Waals surface area contributed by atoms with Crippen LogP contribution in [0.15, 0.2) is 18.3 Å². The summed E-state index contributed by atoms with van der Waals surface area (Å²) in [6, 6.07) is 3.96. The number of alkyl halides is 2. The molecule has 0 spiro atoms. The third-order valence-electron chi connectivity index (χ3n) is 6.42. The van der Waals surface area contributed by atoms with Gasteiger partial charge in [-0.15, -0.1) is 0 Å². The van der Waals surface area contributed by atoms with E-state index in [1.807, 2.05) is 6.07 Å². The van der Waals surface area contributed by atoms with E-state index in [0.717, 1.165) is 25.3 Å². The van der Waals surface area contributed by atoms with Crippen LogP contribution in [0.4, 0.5) is 26.4 Å². The molecule has 2 saturated heterocycles. The SMILES string of the molecule is C[C@H]1COCCN1c1cc(-c2cnc(N)c(OC(F)F)c2)nc(N2CC3CCC2C3)n1. The fourth-order valence-corrected chi connectivity index (χ4v) is 4.87. The number of anilines is 3. The second kappa shape index (κ2) is 8.07. The van der Waals surface area contributed by atoms with Crippen molar-refractivity contribution < 1.29 is 18.3 Å². The van der Waals surface area contributed by atoms with Gasteiger partial charge in [-0.1, -0.05) is 0 Å². The van der Waals surface area contributed by atoms with Gasteiger partial charge in [-0.25, -0.2) is 9.97 Å². The van der Waals surface area contributed by atoms with Crippen LogP contribution in [0.1, 0.15) is 26.2 Å². The van der Waals surface area contributed by atoms with Gasteiger partial charge in [0.05, 0.1) is 24.9 Å². The van der Waals surface area contributed by atoms with Gasteiger partial charge in [0.15, 0.2) is 11.6 Å². The molecule has 166 valence electrons. The van der Waals surface area contributed by atoms with E-state index in [1.165, 1.54) is 25.1 Å². The van der Waals surface area contributed by atoms with Crippen molar-refractivity contribution in [1.82, 2.24) is 15.0 Å². The number of ether oxygens (including phenoxy) is 2. The smallest absolute Gasteiger partial charge is 0.387 e. The number of hydrogen-bond donors (Lipinski definition) is 1. The van der Waals surface area contributed by atoms with E-state index < -0.39 is 6.61 Å². The molecule has 1 aliphatic carbocycles. The third-order valence-corrected chi connectivity index (χ3v) is 6.42. The van der Waals surface area contributed by atoms with Crippen LogP contribution in [0.2, 0.25) is 0 Å². The molecule has 8 nitrogen and oxygen atoms in total. The average Bonchev–Trinajstić information content (AvgIpc) is 3.39. The molecule has 2 unspecified atom stereocenters. The lowest BCUT2D eigenvalue weighted by Gasteiger charge is -2.35. The van der Waals surface area contributed by atoms with Crippen molar-refractivity contribution in [2.45, 2.75) is 44.9 Å². The lowest BCUT2D eigenvalue weighted by molar-refractivity contribution is -0.0494. The van der Waals surface area contributed by atoms with Crippen LogP contribution in [0, 0.1) is 5.92 Å². The Morgan fingerprint density at radius 1 is 1.23 bits per heavy atom. The summed E-state index contributed by atoms with van der Waals surface area (Å²) in [6.07, 6.45) is 5.11. The van der Waals surface area contributed by atoms with Gasteiger partial charge in [0.1, 0.15) is 5.82 Å². The number of nitrogens with zero attached hydrogens (tertiary/aromatic N) is 5. The molecule has 2 N–H and O–H groups in total. The van der Waals surface area contributed by atoms with Gasteiger partial charge >= 0.3 is 6.61 Å². The quantitative estimate of drug-likeness (QED) is 0.772. The molecule has 0 aromatic carbocycles. The van der Waals surface area contributed by atoms with Crippen molar-refractivity contribution in [3.8, 4) is 17.0 Å². The number of nitrogen functional groups attached to an aromatic ring is 1. The highest BCUT2D eigenvalue weighted by atomic mass is 19.3. The van der Waals surface area contributed by atoms with Crippen molar-refractivity contribution in [1.29, 1.82) is 0 Å². The summed E-state index contributed by atoms with van der Waals surface area (Å²) in [5.74, 6) is 1.91. The van der Waals surface area contributed by atoms with Crippen molar-refractivity contribution in [2.75, 3.05) is 41.8 Å². The molecule has 0 amide bonds. The normalized spacial score (nSPS) is 25.5. The zero-order chi connectivity index (χ0) is 21.5. The maximum Gasteiger partial charge on any atom is 0.387 e. The molecule has 2 aromatic heterocycles. The van der Waals surface area contributed by atoms with Gasteiger partial charge in [0.2, 0.25) is 5.95 Å².